The van der Waals surface area contributed by atoms with Crippen LogP contribution in [0.25, 0.3) is 0 Å². The highest BCUT2D eigenvalue weighted by molar-refractivity contribution is 5.80. The second-order valence-corrected chi connectivity index (χ2v) is 6.87. The van der Waals surface area contributed by atoms with E-state index in [1.54, 1.807) is 0 Å². The maximum absolute atomic E-state index is 12.3. The molecule has 0 amide bonds. The van der Waals surface area contributed by atoms with E-state index < -0.39 is 5.54 Å². The van der Waals surface area contributed by atoms with Crippen molar-refractivity contribution in [2.45, 2.75) is 83.8 Å². The fourth-order valence-corrected chi connectivity index (χ4v) is 3.27. The molecule has 1 rings (SSSR count). The number of hydrogen-bond acceptors (Lipinski definition) is 4. The molecule has 1 fully saturated rings. The van der Waals surface area contributed by atoms with E-state index in [2.05, 4.69) is 31.1 Å². The van der Waals surface area contributed by atoms with Crippen molar-refractivity contribution in [2.24, 2.45) is 0 Å². The highest BCUT2D eigenvalue weighted by Gasteiger charge is 2.35. The zero-order chi connectivity index (χ0) is 15.9. The fourth-order valence-electron chi connectivity index (χ4n) is 3.27. The molecule has 1 saturated carbocycles. The lowest BCUT2D eigenvalue weighted by Crippen LogP contribution is -2.55. The molecule has 1 unspecified atom stereocenters. The smallest absolute Gasteiger partial charge is 0.326 e. The van der Waals surface area contributed by atoms with Crippen LogP contribution < -0.4 is 5.32 Å². The van der Waals surface area contributed by atoms with E-state index in [0.717, 1.165) is 13.0 Å². The van der Waals surface area contributed by atoms with Crippen molar-refractivity contribution in [1.29, 1.82) is 0 Å². The third-order valence-corrected chi connectivity index (χ3v) is 4.50. The summed E-state index contributed by atoms with van der Waals surface area (Å²) in [7, 11) is 2.19. The van der Waals surface area contributed by atoms with Gasteiger partial charge < -0.3 is 9.64 Å². The van der Waals surface area contributed by atoms with Gasteiger partial charge in [0.15, 0.2) is 0 Å². The van der Waals surface area contributed by atoms with Gasteiger partial charge in [0.05, 0.1) is 6.61 Å². The first-order valence-corrected chi connectivity index (χ1v) is 8.54. The Kier molecular flexibility index (Phi) is 7.67. The van der Waals surface area contributed by atoms with Crippen LogP contribution >= 0.6 is 0 Å². The summed E-state index contributed by atoms with van der Waals surface area (Å²) in [5.41, 5.74) is -0.590. The molecule has 1 aliphatic rings. The van der Waals surface area contributed by atoms with Gasteiger partial charge >= 0.3 is 5.97 Å². The van der Waals surface area contributed by atoms with Gasteiger partial charge in [0, 0.05) is 18.6 Å². The van der Waals surface area contributed by atoms with Crippen molar-refractivity contribution >= 4 is 5.97 Å². The Hall–Kier alpha value is -0.610. The van der Waals surface area contributed by atoms with E-state index >= 15 is 0 Å². The molecule has 1 N–H and O–H groups in total. The summed E-state index contributed by atoms with van der Waals surface area (Å²) < 4.78 is 5.27. The number of ether oxygens (including phenoxy) is 1. The summed E-state index contributed by atoms with van der Waals surface area (Å²) in [6, 6.07) is 0.948. The predicted molar refractivity (Wildman–Crippen MR) is 87.4 cm³/mol. The maximum atomic E-state index is 12.3. The minimum Gasteiger partial charge on any atom is -0.465 e. The van der Waals surface area contributed by atoms with Crippen LogP contribution in [0.1, 0.15) is 66.2 Å². The Labute approximate surface area is 130 Å². The molecular weight excluding hydrogens is 264 g/mol. The summed E-state index contributed by atoms with van der Waals surface area (Å²) in [5.74, 6) is -0.129. The Morgan fingerprint density at radius 3 is 2.48 bits per heavy atom. The van der Waals surface area contributed by atoms with Crippen molar-refractivity contribution in [1.82, 2.24) is 10.2 Å². The second-order valence-electron chi connectivity index (χ2n) is 6.87. The van der Waals surface area contributed by atoms with Gasteiger partial charge in [0.1, 0.15) is 5.54 Å². The first-order valence-electron chi connectivity index (χ1n) is 8.54. The lowest BCUT2D eigenvalue weighted by atomic mass is 9.92. The number of esters is 1. The summed E-state index contributed by atoms with van der Waals surface area (Å²) >= 11 is 0. The summed E-state index contributed by atoms with van der Waals surface area (Å²) in [4.78, 5) is 14.7. The topological polar surface area (TPSA) is 41.6 Å². The standard InChI is InChI=1S/C17H34N2O2/c1-6-21-16(20)17(4,18-14(2)3)12-13-19(5)15-10-8-7-9-11-15/h14-15,18H,6-13H2,1-5H3. The maximum Gasteiger partial charge on any atom is 0.326 e. The largest absolute Gasteiger partial charge is 0.465 e. The Bertz CT molecular complexity index is 314. The normalized spacial score (nSPS) is 19.8. The lowest BCUT2D eigenvalue weighted by molar-refractivity contribution is -0.151. The third-order valence-electron chi connectivity index (χ3n) is 4.50. The van der Waals surface area contributed by atoms with Crippen molar-refractivity contribution in [3.8, 4) is 0 Å². The van der Waals surface area contributed by atoms with Crippen LogP contribution in [-0.4, -0.2) is 48.7 Å². The SMILES string of the molecule is CCOC(=O)C(C)(CCN(C)C1CCCCC1)NC(C)C. The molecule has 0 heterocycles. The van der Waals surface area contributed by atoms with Crippen LogP contribution in [-0.2, 0) is 9.53 Å². The van der Waals surface area contributed by atoms with Gasteiger partial charge in [-0.25, -0.2) is 0 Å². The zero-order valence-corrected chi connectivity index (χ0v) is 14.6. The molecule has 0 aliphatic heterocycles. The molecule has 0 aromatic heterocycles. The van der Waals surface area contributed by atoms with Crippen LogP contribution in [0, 0.1) is 0 Å². The molecule has 0 radical (unpaired) electrons. The molecule has 124 valence electrons. The number of nitrogens with one attached hydrogen (secondary N) is 1. The molecular formula is C17H34N2O2. The van der Waals surface area contributed by atoms with Crippen molar-refractivity contribution in [3.05, 3.63) is 0 Å². The molecule has 4 heteroatoms. The van der Waals surface area contributed by atoms with Crippen LogP contribution in [0.5, 0.6) is 0 Å². The van der Waals surface area contributed by atoms with Gasteiger partial charge in [0.2, 0.25) is 0 Å². The third kappa shape index (κ3) is 5.95. The highest BCUT2D eigenvalue weighted by atomic mass is 16.5. The Balaban J connectivity index is 2.57. The zero-order valence-electron chi connectivity index (χ0n) is 14.6. The number of hydrogen-bond donors (Lipinski definition) is 1. The van der Waals surface area contributed by atoms with Crippen LogP contribution in [0.3, 0.4) is 0 Å². The van der Waals surface area contributed by atoms with Gasteiger partial charge in [-0.05, 0) is 54.0 Å². The molecule has 21 heavy (non-hydrogen) atoms. The lowest BCUT2D eigenvalue weighted by Gasteiger charge is -2.35. The van der Waals surface area contributed by atoms with Crippen molar-refractivity contribution in [2.75, 3.05) is 20.2 Å². The van der Waals surface area contributed by atoms with Crippen LogP contribution in [0.4, 0.5) is 0 Å². The van der Waals surface area contributed by atoms with Crippen molar-refractivity contribution in [3.63, 3.8) is 0 Å². The quantitative estimate of drug-likeness (QED) is 0.700. The summed E-state index contributed by atoms with van der Waals surface area (Å²) in [6.07, 6.45) is 7.44. The minimum absolute atomic E-state index is 0.129. The fraction of sp³-hybridized carbons (Fsp3) is 0.941. The number of carbonyl (C=O) groups excluding carboxylic acids is 1. The number of nitrogens with zero attached hydrogens (tertiary/aromatic N) is 1. The van der Waals surface area contributed by atoms with Gasteiger partial charge in [0.25, 0.3) is 0 Å². The number of carbonyl (C=O) groups is 1. The molecule has 0 aromatic rings. The molecule has 0 aromatic carbocycles. The monoisotopic (exact) mass is 298 g/mol. The average molecular weight is 298 g/mol. The first kappa shape index (κ1) is 18.4. The van der Waals surface area contributed by atoms with Crippen LogP contribution in [0.15, 0.2) is 0 Å². The van der Waals surface area contributed by atoms with Crippen LogP contribution in [0.2, 0.25) is 0 Å². The predicted octanol–water partition coefficient (Wildman–Crippen LogP) is 2.96. The minimum atomic E-state index is -0.590. The van der Waals surface area contributed by atoms with E-state index in [1.807, 2.05) is 13.8 Å². The summed E-state index contributed by atoms with van der Waals surface area (Å²) in [5, 5.41) is 3.40. The van der Waals surface area contributed by atoms with Crippen molar-refractivity contribution < 1.29 is 9.53 Å². The Morgan fingerprint density at radius 2 is 1.95 bits per heavy atom. The van der Waals surface area contributed by atoms with E-state index in [4.69, 9.17) is 4.74 Å². The summed E-state index contributed by atoms with van der Waals surface area (Å²) in [6.45, 7) is 9.35. The molecule has 4 nitrogen and oxygen atoms in total. The molecule has 0 saturated heterocycles. The Morgan fingerprint density at radius 1 is 1.33 bits per heavy atom. The van der Waals surface area contributed by atoms with Gasteiger partial charge in [-0.3, -0.25) is 10.1 Å². The molecule has 1 aliphatic carbocycles. The highest BCUT2D eigenvalue weighted by Crippen LogP contribution is 2.23. The van der Waals surface area contributed by atoms with E-state index in [-0.39, 0.29) is 12.0 Å². The van der Waals surface area contributed by atoms with Gasteiger partial charge in [-0.15, -0.1) is 0 Å². The van der Waals surface area contributed by atoms with E-state index in [9.17, 15) is 4.79 Å². The first-order chi connectivity index (χ1) is 9.89. The molecule has 0 bridgehead atoms. The average Bonchev–Trinajstić information content (AvgIpc) is 2.45. The number of rotatable bonds is 8. The van der Waals surface area contributed by atoms with E-state index in [0.29, 0.717) is 12.6 Å². The van der Waals surface area contributed by atoms with E-state index in [1.165, 1.54) is 32.1 Å². The van der Waals surface area contributed by atoms with Gasteiger partial charge in [-0.1, -0.05) is 19.3 Å². The van der Waals surface area contributed by atoms with Gasteiger partial charge in [-0.2, -0.15) is 0 Å². The second kappa shape index (κ2) is 8.74. The molecule has 1 atom stereocenters. The molecule has 0 spiro atoms.